The van der Waals surface area contributed by atoms with E-state index >= 15 is 0 Å². The molecular weight excluding hydrogens is 268 g/mol. The van der Waals surface area contributed by atoms with Gasteiger partial charge in [-0.15, -0.1) is 10.2 Å². The molecule has 1 aliphatic rings. The zero-order valence-electron chi connectivity index (χ0n) is 12.4. The van der Waals surface area contributed by atoms with Gasteiger partial charge in [0.05, 0.1) is 14.2 Å². The van der Waals surface area contributed by atoms with Crippen molar-refractivity contribution in [2.75, 3.05) is 20.8 Å². The second-order valence-electron chi connectivity index (χ2n) is 5.23. The van der Waals surface area contributed by atoms with Gasteiger partial charge in [-0.05, 0) is 31.0 Å². The Balaban J connectivity index is 2.12. The molecule has 2 N–H and O–H groups in total. The summed E-state index contributed by atoms with van der Waals surface area (Å²) in [5.74, 6) is 3.73. The summed E-state index contributed by atoms with van der Waals surface area (Å²) in [6.45, 7) is 1.52. The van der Waals surface area contributed by atoms with Crippen molar-refractivity contribution in [2.45, 2.75) is 19.4 Å². The maximum atomic E-state index is 5.83. The minimum Gasteiger partial charge on any atom is -0.496 e. The number of aryl methyl sites for hydroxylation is 1. The number of fused-ring (bicyclic) bond motifs is 1. The summed E-state index contributed by atoms with van der Waals surface area (Å²) in [6.07, 6.45) is 1.98. The molecule has 1 unspecified atom stereocenters. The van der Waals surface area contributed by atoms with Crippen LogP contribution >= 0.6 is 0 Å². The predicted molar refractivity (Wildman–Crippen MR) is 79.4 cm³/mol. The number of hydrogen-bond acceptors (Lipinski definition) is 5. The normalized spacial score (nSPS) is 17.4. The van der Waals surface area contributed by atoms with Crippen molar-refractivity contribution < 1.29 is 9.47 Å². The number of nitrogens with two attached hydrogens (primary N) is 1. The van der Waals surface area contributed by atoms with Crippen molar-refractivity contribution in [1.82, 2.24) is 14.8 Å². The quantitative estimate of drug-likeness (QED) is 0.922. The van der Waals surface area contributed by atoms with E-state index in [-0.39, 0.29) is 0 Å². The van der Waals surface area contributed by atoms with Crippen LogP contribution in [-0.2, 0) is 13.0 Å². The average Bonchev–Trinajstić information content (AvgIpc) is 2.96. The second kappa shape index (κ2) is 5.73. The SMILES string of the molecule is COc1cccc(OC)c1-c1nnc2n1CC(CN)CC2. The number of hydrogen-bond donors (Lipinski definition) is 1. The summed E-state index contributed by atoms with van der Waals surface area (Å²) in [5.41, 5.74) is 6.67. The molecule has 0 aliphatic carbocycles. The summed E-state index contributed by atoms with van der Waals surface area (Å²) in [5, 5.41) is 8.68. The van der Waals surface area contributed by atoms with Crippen LogP contribution in [0.3, 0.4) is 0 Å². The fourth-order valence-electron chi connectivity index (χ4n) is 2.84. The molecule has 0 amide bonds. The molecule has 2 aromatic rings. The molecule has 112 valence electrons. The van der Waals surface area contributed by atoms with Crippen molar-refractivity contribution in [1.29, 1.82) is 0 Å². The molecule has 2 heterocycles. The largest absolute Gasteiger partial charge is 0.496 e. The van der Waals surface area contributed by atoms with Gasteiger partial charge in [0.15, 0.2) is 5.82 Å². The van der Waals surface area contributed by atoms with Gasteiger partial charge in [0.25, 0.3) is 0 Å². The lowest BCUT2D eigenvalue weighted by molar-refractivity contribution is 0.372. The Morgan fingerprint density at radius 3 is 2.57 bits per heavy atom. The first-order valence-corrected chi connectivity index (χ1v) is 7.12. The van der Waals surface area contributed by atoms with Gasteiger partial charge in [0.2, 0.25) is 0 Å². The average molecular weight is 288 g/mol. The Morgan fingerprint density at radius 1 is 1.24 bits per heavy atom. The molecule has 1 aliphatic heterocycles. The molecule has 0 fully saturated rings. The summed E-state index contributed by atoms with van der Waals surface area (Å²) in [7, 11) is 3.29. The van der Waals surface area contributed by atoms with Crippen molar-refractivity contribution in [3.63, 3.8) is 0 Å². The molecular formula is C15H20N4O2. The highest BCUT2D eigenvalue weighted by molar-refractivity contribution is 5.72. The molecule has 6 heteroatoms. The van der Waals surface area contributed by atoms with Crippen LogP contribution in [0.2, 0.25) is 0 Å². The highest BCUT2D eigenvalue weighted by Gasteiger charge is 2.26. The van der Waals surface area contributed by atoms with E-state index in [1.54, 1.807) is 14.2 Å². The van der Waals surface area contributed by atoms with Crippen LogP contribution in [0.4, 0.5) is 0 Å². The van der Waals surface area contributed by atoms with Crippen molar-refractivity contribution >= 4 is 0 Å². The summed E-state index contributed by atoms with van der Waals surface area (Å²) < 4.78 is 13.1. The van der Waals surface area contributed by atoms with Gasteiger partial charge in [0, 0.05) is 13.0 Å². The molecule has 0 saturated carbocycles. The molecule has 6 nitrogen and oxygen atoms in total. The Bertz CT molecular complexity index is 616. The number of benzene rings is 1. The molecule has 21 heavy (non-hydrogen) atoms. The van der Waals surface area contributed by atoms with E-state index in [1.165, 1.54) is 0 Å². The predicted octanol–water partition coefficient (Wildman–Crippen LogP) is 1.48. The molecule has 0 radical (unpaired) electrons. The minimum atomic E-state index is 0.466. The van der Waals surface area contributed by atoms with Crippen LogP contribution < -0.4 is 15.2 Å². The van der Waals surface area contributed by atoms with Gasteiger partial charge in [-0.25, -0.2) is 0 Å². The van der Waals surface area contributed by atoms with Gasteiger partial charge in [-0.2, -0.15) is 0 Å². The monoisotopic (exact) mass is 288 g/mol. The van der Waals surface area contributed by atoms with Crippen LogP contribution in [0.5, 0.6) is 11.5 Å². The van der Waals surface area contributed by atoms with Crippen LogP contribution in [0, 0.1) is 5.92 Å². The Kier molecular flexibility index (Phi) is 3.79. The highest BCUT2D eigenvalue weighted by Crippen LogP contribution is 2.38. The third kappa shape index (κ3) is 2.35. The van der Waals surface area contributed by atoms with Gasteiger partial charge in [-0.1, -0.05) is 6.07 Å². The fraction of sp³-hybridized carbons (Fsp3) is 0.467. The van der Waals surface area contributed by atoms with E-state index in [2.05, 4.69) is 14.8 Å². The Morgan fingerprint density at radius 2 is 1.95 bits per heavy atom. The van der Waals surface area contributed by atoms with Crippen molar-refractivity contribution in [3.05, 3.63) is 24.0 Å². The van der Waals surface area contributed by atoms with Crippen LogP contribution in [0.15, 0.2) is 18.2 Å². The zero-order chi connectivity index (χ0) is 14.8. The molecule has 0 spiro atoms. The van der Waals surface area contributed by atoms with E-state index in [1.807, 2.05) is 18.2 Å². The fourth-order valence-corrected chi connectivity index (χ4v) is 2.84. The summed E-state index contributed by atoms with van der Waals surface area (Å²) in [6, 6.07) is 5.71. The van der Waals surface area contributed by atoms with Crippen molar-refractivity contribution in [3.8, 4) is 22.9 Å². The molecule has 1 aromatic heterocycles. The van der Waals surface area contributed by atoms with Crippen molar-refractivity contribution in [2.24, 2.45) is 11.7 Å². The first kappa shape index (κ1) is 13.9. The standard InChI is InChI=1S/C15H20N4O2/c1-20-11-4-3-5-12(21-2)14(11)15-18-17-13-7-6-10(8-16)9-19(13)15/h3-5,10H,6-9,16H2,1-2H3. The van der Waals surface area contributed by atoms with E-state index in [0.29, 0.717) is 12.5 Å². The highest BCUT2D eigenvalue weighted by atomic mass is 16.5. The van der Waals surface area contributed by atoms with E-state index in [0.717, 1.165) is 48.1 Å². The first-order chi connectivity index (χ1) is 10.3. The second-order valence-corrected chi connectivity index (χ2v) is 5.23. The number of aromatic nitrogens is 3. The summed E-state index contributed by atoms with van der Waals surface area (Å²) >= 11 is 0. The summed E-state index contributed by atoms with van der Waals surface area (Å²) in [4.78, 5) is 0. The van der Waals surface area contributed by atoms with E-state index in [9.17, 15) is 0 Å². The Hall–Kier alpha value is -2.08. The number of nitrogens with zero attached hydrogens (tertiary/aromatic N) is 3. The van der Waals surface area contributed by atoms with Crippen LogP contribution in [0.25, 0.3) is 11.4 Å². The molecule has 1 aromatic carbocycles. The van der Waals surface area contributed by atoms with Gasteiger partial charge in [0.1, 0.15) is 22.9 Å². The molecule has 3 rings (SSSR count). The lowest BCUT2D eigenvalue weighted by Crippen LogP contribution is -2.26. The molecule has 1 atom stereocenters. The van der Waals surface area contributed by atoms with E-state index in [4.69, 9.17) is 15.2 Å². The van der Waals surface area contributed by atoms with Crippen LogP contribution in [-0.4, -0.2) is 35.5 Å². The maximum absolute atomic E-state index is 5.83. The molecule has 0 saturated heterocycles. The third-order valence-electron chi connectivity index (χ3n) is 4.03. The first-order valence-electron chi connectivity index (χ1n) is 7.12. The Labute approximate surface area is 123 Å². The number of ether oxygens (including phenoxy) is 2. The maximum Gasteiger partial charge on any atom is 0.171 e. The van der Waals surface area contributed by atoms with Gasteiger partial charge >= 0.3 is 0 Å². The number of rotatable bonds is 4. The van der Waals surface area contributed by atoms with Gasteiger partial charge < -0.3 is 19.8 Å². The van der Waals surface area contributed by atoms with Gasteiger partial charge in [-0.3, -0.25) is 0 Å². The minimum absolute atomic E-state index is 0.466. The molecule has 0 bridgehead atoms. The smallest absolute Gasteiger partial charge is 0.171 e. The van der Waals surface area contributed by atoms with Crippen LogP contribution in [0.1, 0.15) is 12.2 Å². The van der Waals surface area contributed by atoms with E-state index < -0.39 is 0 Å². The number of methoxy groups -OCH3 is 2. The zero-order valence-corrected chi connectivity index (χ0v) is 12.4. The topological polar surface area (TPSA) is 75.2 Å². The lowest BCUT2D eigenvalue weighted by atomic mass is 9.99. The lowest BCUT2D eigenvalue weighted by Gasteiger charge is -2.23. The third-order valence-corrected chi connectivity index (χ3v) is 4.03.